The first-order chi connectivity index (χ1) is 20.3. The molecule has 0 bridgehead atoms. The Morgan fingerprint density at radius 3 is 2.10 bits per heavy atom. The van der Waals surface area contributed by atoms with Crippen LogP contribution in [-0.4, -0.2) is 27.8 Å². The molecule has 0 aliphatic carbocycles. The molecule has 1 aliphatic heterocycles. The minimum Gasteiger partial charge on any atom is -0.486 e. The fourth-order valence-electron chi connectivity index (χ4n) is 5.24. The maximum absolute atomic E-state index is 14.3. The lowest BCUT2D eigenvalue weighted by atomic mass is 10.0. The highest BCUT2D eigenvalue weighted by molar-refractivity contribution is 5.91. The molecule has 7 nitrogen and oxygen atoms in total. The van der Waals surface area contributed by atoms with Crippen LogP contribution >= 0.6 is 0 Å². The Bertz CT molecular complexity index is 1880. The minimum absolute atomic E-state index is 0.157. The molecule has 1 N–H and O–H groups in total. The largest absolute Gasteiger partial charge is 0.486 e. The van der Waals surface area contributed by atoms with Crippen LogP contribution in [0.2, 0.25) is 0 Å². The van der Waals surface area contributed by atoms with Gasteiger partial charge in [-0.05, 0) is 28.8 Å². The van der Waals surface area contributed by atoms with E-state index in [-0.39, 0.29) is 12.2 Å². The summed E-state index contributed by atoms with van der Waals surface area (Å²) >= 11 is 0. The number of fused-ring (bicyclic) bond motifs is 2. The lowest BCUT2D eigenvalue weighted by molar-refractivity contribution is 0.105. The summed E-state index contributed by atoms with van der Waals surface area (Å²) in [6.07, 6.45) is 0. The van der Waals surface area contributed by atoms with Crippen molar-refractivity contribution in [1.82, 2.24) is 14.6 Å². The molecule has 41 heavy (non-hydrogen) atoms. The van der Waals surface area contributed by atoms with Gasteiger partial charge in [0.2, 0.25) is 0 Å². The Labute approximate surface area is 236 Å². The molecule has 7 heteroatoms. The van der Waals surface area contributed by atoms with Gasteiger partial charge in [0.15, 0.2) is 17.1 Å². The molecule has 0 radical (unpaired) electrons. The van der Waals surface area contributed by atoms with E-state index >= 15 is 0 Å². The second-order valence-corrected chi connectivity index (χ2v) is 9.83. The van der Waals surface area contributed by atoms with Crippen molar-refractivity contribution >= 4 is 5.65 Å². The number of nitrogens with one attached hydrogen (secondary N) is 1. The zero-order valence-corrected chi connectivity index (χ0v) is 22.2. The van der Waals surface area contributed by atoms with Gasteiger partial charge in [0.25, 0.3) is 5.56 Å². The van der Waals surface area contributed by atoms with Crippen LogP contribution in [0.15, 0.2) is 114 Å². The zero-order chi connectivity index (χ0) is 27.6. The smallest absolute Gasteiger partial charge is 0.280 e. The number of H-pyrrole nitrogens is 1. The van der Waals surface area contributed by atoms with Crippen molar-refractivity contribution in [2.24, 2.45) is 0 Å². The van der Waals surface area contributed by atoms with Gasteiger partial charge in [0.1, 0.15) is 13.2 Å². The molecule has 1 aliphatic rings. The Morgan fingerprint density at radius 2 is 1.37 bits per heavy atom. The second-order valence-electron chi connectivity index (χ2n) is 9.83. The minimum atomic E-state index is -0.218. The third-order valence-corrected chi connectivity index (χ3v) is 7.16. The number of benzene rings is 4. The molecule has 0 saturated heterocycles. The lowest BCUT2D eigenvalue weighted by Crippen LogP contribution is -2.21. The SMILES string of the molecule is O=c1c(-c2ccc3c(c2)OCCO3)c(COCc2ccccc2)nc2c(-c3ccccc3)c(-c3ccccc3)[nH]n12. The summed E-state index contributed by atoms with van der Waals surface area (Å²) in [4.78, 5) is 19.5. The van der Waals surface area contributed by atoms with Crippen molar-refractivity contribution in [1.29, 1.82) is 0 Å². The van der Waals surface area contributed by atoms with Gasteiger partial charge in [-0.15, -0.1) is 0 Å². The highest BCUT2D eigenvalue weighted by Gasteiger charge is 2.24. The molecule has 6 aromatic rings. The second kappa shape index (κ2) is 10.8. The molecule has 0 fully saturated rings. The first kappa shape index (κ1) is 24.9. The van der Waals surface area contributed by atoms with E-state index in [4.69, 9.17) is 19.2 Å². The monoisotopic (exact) mass is 541 g/mol. The van der Waals surface area contributed by atoms with Gasteiger partial charge in [0.05, 0.1) is 35.7 Å². The van der Waals surface area contributed by atoms with Crippen LogP contribution in [0.1, 0.15) is 11.3 Å². The van der Waals surface area contributed by atoms with Gasteiger partial charge in [-0.2, -0.15) is 4.52 Å². The van der Waals surface area contributed by atoms with Crippen molar-refractivity contribution in [2.75, 3.05) is 13.2 Å². The highest BCUT2D eigenvalue weighted by atomic mass is 16.6. The summed E-state index contributed by atoms with van der Waals surface area (Å²) in [5, 5.41) is 3.37. The van der Waals surface area contributed by atoms with Crippen LogP contribution in [-0.2, 0) is 18.0 Å². The van der Waals surface area contributed by atoms with E-state index in [9.17, 15) is 4.79 Å². The molecule has 202 valence electrons. The van der Waals surface area contributed by atoms with E-state index in [1.807, 2.05) is 109 Å². The van der Waals surface area contributed by atoms with E-state index in [0.717, 1.165) is 27.9 Å². The fraction of sp³-hybridized carbons (Fsp3) is 0.118. The van der Waals surface area contributed by atoms with Crippen LogP contribution in [0.4, 0.5) is 0 Å². The van der Waals surface area contributed by atoms with Crippen molar-refractivity contribution in [3.8, 4) is 45.0 Å². The van der Waals surface area contributed by atoms with Crippen LogP contribution in [0, 0.1) is 0 Å². The van der Waals surface area contributed by atoms with E-state index in [1.54, 1.807) is 0 Å². The normalized spacial score (nSPS) is 12.5. The van der Waals surface area contributed by atoms with Crippen LogP contribution in [0.3, 0.4) is 0 Å². The lowest BCUT2D eigenvalue weighted by Gasteiger charge is -2.19. The molecular weight excluding hydrogens is 514 g/mol. The van der Waals surface area contributed by atoms with E-state index in [1.165, 1.54) is 4.52 Å². The number of hydrogen-bond acceptors (Lipinski definition) is 5. The Morgan fingerprint density at radius 1 is 0.707 bits per heavy atom. The van der Waals surface area contributed by atoms with Gasteiger partial charge in [-0.3, -0.25) is 9.89 Å². The molecule has 0 spiro atoms. The molecule has 0 atom stereocenters. The average Bonchev–Trinajstić information content (AvgIpc) is 3.42. The topological polar surface area (TPSA) is 77.8 Å². The summed E-state index contributed by atoms with van der Waals surface area (Å²) < 4.78 is 19.2. The van der Waals surface area contributed by atoms with Crippen molar-refractivity contribution < 1.29 is 14.2 Å². The first-order valence-corrected chi connectivity index (χ1v) is 13.6. The number of nitrogens with zero attached hydrogens (tertiary/aromatic N) is 2. The van der Waals surface area contributed by atoms with Crippen LogP contribution in [0.25, 0.3) is 39.2 Å². The van der Waals surface area contributed by atoms with Gasteiger partial charge < -0.3 is 14.2 Å². The predicted molar refractivity (Wildman–Crippen MR) is 158 cm³/mol. The molecule has 7 rings (SSSR count). The van der Waals surface area contributed by atoms with E-state index in [2.05, 4.69) is 5.10 Å². The van der Waals surface area contributed by atoms with Gasteiger partial charge in [-0.25, -0.2) is 4.98 Å². The summed E-state index contributed by atoms with van der Waals surface area (Å²) in [5.41, 5.74) is 6.65. The summed E-state index contributed by atoms with van der Waals surface area (Å²) in [6.45, 7) is 1.51. The van der Waals surface area contributed by atoms with E-state index in [0.29, 0.717) is 53.8 Å². The number of aromatic nitrogens is 3. The molecule has 0 saturated carbocycles. The van der Waals surface area contributed by atoms with Gasteiger partial charge >= 0.3 is 0 Å². The maximum atomic E-state index is 14.3. The average molecular weight is 542 g/mol. The Kier molecular flexibility index (Phi) is 6.55. The van der Waals surface area contributed by atoms with E-state index < -0.39 is 0 Å². The standard InChI is InChI=1S/C34H27N3O4/c38-34-30(26-16-17-28-29(20-26)41-19-18-40-28)27(22-39-21-23-10-4-1-5-11-23)35-33-31(24-12-6-2-7-13-24)32(36-37(33)34)25-14-8-3-9-15-25/h1-17,20,36H,18-19,21-22H2. The summed E-state index contributed by atoms with van der Waals surface area (Å²) in [5.74, 6) is 1.27. The van der Waals surface area contributed by atoms with Gasteiger partial charge in [0, 0.05) is 5.56 Å². The predicted octanol–water partition coefficient (Wildman–Crippen LogP) is 6.51. The third-order valence-electron chi connectivity index (χ3n) is 7.16. The Hall–Kier alpha value is -5.14. The number of rotatable bonds is 7. The van der Waals surface area contributed by atoms with Gasteiger partial charge in [-0.1, -0.05) is 97.1 Å². The molecule has 0 amide bonds. The van der Waals surface area contributed by atoms with Crippen LogP contribution in [0.5, 0.6) is 11.5 Å². The zero-order valence-electron chi connectivity index (χ0n) is 22.2. The van der Waals surface area contributed by atoms with Crippen molar-refractivity contribution in [3.63, 3.8) is 0 Å². The fourth-order valence-corrected chi connectivity index (χ4v) is 5.24. The quantitative estimate of drug-likeness (QED) is 0.249. The summed E-state index contributed by atoms with van der Waals surface area (Å²) in [7, 11) is 0. The number of aromatic amines is 1. The Balaban J connectivity index is 1.43. The van der Waals surface area contributed by atoms with Crippen molar-refractivity contribution in [2.45, 2.75) is 13.2 Å². The molecule has 2 aromatic heterocycles. The van der Waals surface area contributed by atoms with Crippen LogP contribution < -0.4 is 15.0 Å². The molecular formula is C34H27N3O4. The van der Waals surface area contributed by atoms with Crippen molar-refractivity contribution in [3.05, 3.63) is 131 Å². The first-order valence-electron chi connectivity index (χ1n) is 13.6. The maximum Gasteiger partial charge on any atom is 0.280 e. The molecule has 0 unspecified atom stereocenters. The summed E-state index contributed by atoms with van der Waals surface area (Å²) in [6, 6.07) is 35.5. The molecule has 4 aromatic carbocycles. The number of hydrogen-bond donors (Lipinski definition) is 1. The highest BCUT2D eigenvalue weighted by Crippen LogP contribution is 2.37. The third kappa shape index (κ3) is 4.77. The number of ether oxygens (including phenoxy) is 3. The molecule has 3 heterocycles.